The standard InChI is InChI=1S/C16H12N4S2/c21-11-17-9-13-1-5-15(6-2-13)19-20-16-7-3-14(4-8-16)10-18-12-22/h1-8H,9-10H2. The number of thiocarbonyl (C=S) groups is 2. The highest BCUT2D eigenvalue weighted by Gasteiger charge is 1.94. The molecule has 0 aliphatic rings. The van der Waals surface area contributed by atoms with Crippen LogP contribution in [0, 0.1) is 0 Å². The maximum absolute atomic E-state index is 4.54. The van der Waals surface area contributed by atoms with Gasteiger partial charge in [0.1, 0.15) is 0 Å². The SMILES string of the molecule is S=C=NCc1ccc(N=Nc2ccc(CN=C=S)cc2)cc1. The summed E-state index contributed by atoms with van der Waals surface area (Å²) in [6.07, 6.45) is 0. The number of rotatable bonds is 6. The molecular weight excluding hydrogens is 312 g/mol. The van der Waals surface area contributed by atoms with E-state index in [1.807, 2.05) is 48.5 Å². The molecule has 0 aliphatic carbocycles. The van der Waals surface area contributed by atoms with Gasteiger partial charge in [0.2, 0.25) is 0 Å². The maximum Gasteiger partial charge on any atom is 0.0857 e. The van der Waals surface area contributed by atoms with Gasteiger partial charge in [-0.25, -0.2) is 9.98 Å². The van der Waals surface area contributed by atoms with E-state index in [-0.39, 0.29) is 0 Å². The molecule has 22 heavy (non-hydrogen) atoms. The Labute approximate surface area is 139 Å². The van der Waals surface area contributed by atoms with Crippen molar-refractivity contribution in [3.05, 3.63) is 59.7 Å². The quantitative estimate of drug-likeness (QED) is 0.411. The van der Waals surface area contributed by atoms with Crippen LogP contribution in [0.4, 0.5) is 11.4 Å². The summed E-state index contributed by atoms with van der Waals surface area (Å²) in [5, 5.41) is 13.1. The number of benzene rings is 2. The lowest BCUT2D eigenvalue weighted by atomic mass is 10.2. The molecule has 0 saturated heterocycles. The van der Waals surface area contributed by atoms with E-state index in [2.05, 4.69) is 55.0 Å². The van der Waals surface area contributed by atoms with Crippen molar-refractivity contribution in [3.63, 3.8) is 0 Å². The van der Waals surface area contributed by atoms with Crippen LogP contribution in [0.1, 0.15) is 11.1 Å². The second-order valence-corrected chi connectivity index (χ2v) is 4.71. The zero-order valence-electron chi connectivity index (χ0n) is 11.6. The van der Waals surface area contributed by atoms with Crippen molar-refractivity contribution in [3.8, 4) is 0 Å². The van der Waals surface area contributed by atoms with Crippen molar-refractivity contribution < 1.29 is 0 Å². The third-order valence-corrected chi connectivity index (χ3v) is 3.06. The number of hydrogen-bond acceptors (Lipinski definition) is 6. The lowest BCUT2D eigenvalue weighted by molar-refractivity contribution is 1.08. The monoisotopic (exact) mass is 324 g/mol. The lowest BCUT2D eigenvalue weighted by Gasteiger charge is -1.98. The molecule has 108 valence electrons. The van der Waals surface area contributed by atoms with Crippen LogP contribution < -0.4 is 0 Å². The fourth-order valence-corrected chi connectivity index (χ4v) is 1.83. The average molecular weight is 324 g/mol. The van der Waals surface area contributed by atoms with Crippen LogP contribution in [0.5, 0.6) is 0 Å². The van der Waals surface area contributed by atoms with Crippen LogP contribution >= 0.6 is 24.4 Å². The summed E-state index contributed by atoms with van der Waals surface area (Å²) in [5.41, 5.74) is 3.67. The van der Waals surface area contributed by atoms with Crippen LogP contribution in [-0.2, 0) is 13.1 Å². The second kappa shape index (κ2) is 8.82. The minimum atomic E-state index is 0.534. The van der Waals surface area contributed by atoms with Crippen molar-refractivity contribution in [2.45, 2.75) is 13.1 Å². The maximum atomic E-state index is 4.54. The van der Waals surface area contributed by atoms with Gasteiger partial charge in [-0.1, -0.05) is 24.3 Å². The third-order valence-electron chi connectivity index (χ3n) is 2.81. The van der Waals surface area contributed by atoms with E-state index in [0.717, 1.165) is 22.5 Å². The highest BCUT2D eigenvalue weighted by molar-refractivity contribution is 7.78. The minimum Gasteiger partial charge on any atom is -0.228 e. The van der Waals surface area contributed by atoms with Crippen LogP contribution in [0.25, 0.3) is 0 Å². The zero-order valence-corrected chi connectivity index (χ0v) is 13.3. The molecule has 0 atom stereocenters. The lowest BCUT2D eigenvalue weighted by Crippen LogP contribution is -1.79. The summed E-state index contributed by atoms with van der Waals surface area (Å²) in [6.45, 7) is 1.07. The van der Waals surface area contributed by atoms with Crippen LogP contribution in [0.2, 0.25) is 0 Å². The number of hydrogen-bond donors (Lipinski definition) is 0. The number of nitrogens with zero attached hydrogens (tertiary/aromatic N) is 4. The molecule has 2 aromatic carbocycles. The molecule has 6 heteroatoms. The fourth-order valence-electron chi connectivity index (χ4n) is 1.70. The molecule has 2 aromatic rings. The van der Waals surface area contributed by atoms with E-state index in [4.69, 9.17) is 0 Å². The van der Waals surface area contributed by atoms with Crippen LogP contribution in [0.3, 0.4) is 0 Å². The summed E-state index contributed by atoms with van der Waals surface area (Å²) in [7, 11) is 0. The summed E-state index contributed by atoms with van der Waals surface area (Å²) >= 11 is 9.08. The molecule has 4 nitrogen and oxygen atoms in total. The minimum absolute atomic E-state index is 0.534. The van der Waals surface area contributed by atoms with Gasteiger partial charge < -0.3 is 0 Å². The topological polar surface area (TPSA) is 49.4 Å². The van der Waals surface area contributed by atoms with Gasteiger partial charge in [0.05, 0.1) is 34.8 Å². The molecule has 0 aromatic heterocycles. The molecule has 0 unspecified atom stereocenters. The molecular formula is C16H12N4S2. The molecule has 0 saturated carbocycles. The Bertz CT molecular complexity index is 673. The first-order chi connectivity index (χ1) is 10.8. The van der Waals surface area contributed by atoms with Gasteiger partial charge in [0.15, 0.2) is 0 Å². The Kier molecular flexibility index (Phi) is 6.42. The van der Waals surface area contributed by atoms with E-state index in [0.29, 0.717) is 13.1 Å². The zero-order chi connectivity index (χ0) is 15.6. The molecule has 0 heterocycles. The van der Waals surface area contributed by atoms with Crippen molar-refractivity contribution in [2.75, 3.05) is 0 Å². The van der Waals surface area contributed by atoms with Gasteiger partial charge in [-0.15, -0.1) is 0 Å². The van der Waals surface area contributed by atoms with E-state index < -0.39 is 0 Å². The molecule has 0 bridgehead atoms. The van der Waals surface area contributed by atoms with Gasteiger partial charge in [-0.2, -0.15) is 10.2 Å². The smallest absolute Gasteiger partial charge is 0.0857 e. The average Bonchev–Trinajstić information content (AvgIpc) is 2.58. The van der Waals surface area contributed by atoms with Gasteiger partial charge in [-0.05, 0) is 59.8 Å². The van der Waals surface area contributed by atoms with Gasteiger partial charge in [0.25, 0.3) is 0 Å². The Morgan fingerprint density at radius 1 is 0.636 bits per heavy atom. The van der Waals surface area contributed by atoms with Crippen molar-refractivity contribution in [1.82, 2.24) is 0 Å². The van der Waals surface area contributed by atoms with Gasteiger partial charge >= 0.3 is 0 Å². The van der Waals surface area contributed by atoms with Gasteiger partial charge in [-0.3, -0.25) is 0 Å². The Morgan fingerprint density at radius 2 is 1.00 bits per heavy atom. The van der Waals surface area contributed by atoms with Crippen LogP contribution in [0.15, 0.2) is 68.7 Å². The summed E-state index contributed by atoms with van der Waals surface area (Å²) in [6, 6.07) is 15.3. The van der Waals surface area contributed by atoms with Crippen molar-refractivity contribution >= 4 is 46.1 Å². The Hall–Kier alpha value is -2.36. The largest absolute Gasteiger partial charge is 0.228 e. The number of isothiocyanates is 2. The Morgan fingerprint density at radius 3 is 1.32 bits per heavy atom. The van der Waals surface area contributed by atoms with Gasteiger partial charge in [0, 0.05) is 0 Å². The second-order valence-electron chi connectivity index (χ2n) is 4.35. The first-order valence-electron chi connectivity index (χ1n) is 6.48. The van der Waals surface area contributed by atoms with E-state index in [1.165, 1.54) is 0 Å². The van der Waals surface area contributed by atoms with Crippen LogP contribution in [-0.4, -0.2) is 10.3 Å². The number of azo groups is 1. The third kappa shape index (κ3) is 5.20. The number of aliphatic imine (C=N–C) groups is 2. The summed E-state index contributed by atoms with van der Waals surface area (Å²) < 4.78 is 0. The Balaban J connectivity index is 2.01. The summed E-state index contributed by atoms with van der Waals surface area (Å²) in [4.78, 5) is 7.77. The first-order valence-corrected chi connectivity index (χ1v) is 7.30. The molecule has 0 spiro atoms. The molecule has 0 aliphatic heterocycles. The van der Waals surface area contributed by atoms with Crippen molar-refractivity contribution in [1.29, 1.82) is 0 Å². The molecule has 0 radical (unpaired) electrons. The molecule has 0 fully saturated rings. The predicted molar refractivity (Wildman–Crippen MR) is 94.5 cm³/mol. The fraction of sp³-hybridized carbons (Fsp3) is 0.125. The van der Waals surface area contributed by atoms with E-state index in [1.54, 1.807) is 0 Å². The highest BCUT2D eigenvalue weighted by atomic mass is 32.1. The molecule has 0 amide bonds. The normalized spacial score (nSPS) is 10.0. The highest BCUT2D eigenvalue weighted by Crippen LogP contribution is 2.19. The van der Waals surface area contributed by atoms with E-state index >= 15 is 0 Å². The van der Waals surface area contributed by atoms with Crippen molar-refractivity contribution in [2.24, 2.45) is 20.2 Å². The predicted octanol–water partition coefficient (Wildman–Crippen LogP) is 5.31. The first kappa shape index (κ1) is 16.0. The molecule has 2 rings (SSSR count). The van der Waals surface area contributed by atoms with E-state index in [9.17, 15) is 0 Å². The summed E-state index contributed by atoms with van der Waals surface area (Å²) in [5.74, 6) is 0. The molecule has 0 N–H and O–H groups in total.